The zero-order valence-corrected chi connectivity index (χ0v) is 10.7. The standard InChI is InChI=1S/C14H19ClO/c1-10-7-11(2)9-14(16,8-10)12-3-5-13(15)6-4-12/h3-6,10-11,16H,7-9H2,1-2H3. The van der Waals surface area contributed by atoms with Gasteiger partial charge in [0.25, 0.3) is 0 Å². The second kappa shape index (κ2) is 4.38. The molecule has 1 fully saturated rings. The summed E-state index contributed by atoms with van der Waals surface area (Å²) in [5.41, 5.74) is 0.358. The molecule has 1 aromatic carbocycles. The van der Waals surface area contributed by atoms with Crippen LogP contribution in [0, 0.1) is 11.8 Å². The predicted molar refractivity (Wildman–Crippen MR) is 67.5 cm³/mol. The summed E-state index contributed by atoms with van der Waals surface area (Å²) in [5.74, 6) is 1.17. The second-order valence-electron chi connectivity index (χ2n) is 5.39. The van der Waals surface area contributed by atoms with E-state index in [1.165, 1.54) is 6.42 Å². The van der Waals surface area contributed by atoms with Gasteiger partial charge in [-0.2, -0.15) is 0 Å². The summed E-state index contributed by atoms with van der Waals surface area (Å²) < 4.78 is 0. The Morgan fingerprint density at radius 1 is 1.12 bits per heavy atom. The van der Waals surface area contributed by atoms with Crippen LogP contribution in [0.25, 0.3) is 0 Å². The third-order valence-corrected chi connectivity index (χ3v) is 3.81. The lowest BCUT2D eigenvalue weighted by molar-refractivity contribution is -0.0362. The Morgan fingerprint density at radius 2 is 1.62 bits per heavy atom. The second-order valence-corrected chi connectivity index (χ2v) is 5.83. The molecule has 0 aromatic heterocycles. The minimum atomic E-state index is -0.651. The molecule has 16 heavy (non-hydrogen) atoms. The van der Waals surface area contributed by atoms with Crippen molar-refractivity contribution in [1.82, 2.24) is 0 Å². The van der Waals surface area contributed by atoms with Crippen LogP contribution in [0.2, 0.25) is 5.02 Å². The third-order valence-electron chi connectivity index (χ3n) is 3.56. The smallest absolute Gasteiger partial charge is 0.0901 e. The number of aliphatic hydroxyl groups is 1. The molecule has 0 saturated heterocycles. The van der Waals surface area contributed by atoms with E-state index in [0.29, 0.717) is 11.8 Å². The highest BCUT2D eigenvalue weighted by Crippen LogP contribution is 2.42. The van der Waals surface area contributed by atoms with Crippen molar-refractivity contribution in [3.05, 3.63) is 34.9 Å². The summed E-state index contributed by atoms with van der Waals surface area (Å²) in [6, 6.07) is 7.62. The highest BCUT2D eigenvalue weighted by atomic mass is 35.5. The van der Waals surface area contributed by atoms with E-state index in [9.17, 15) is 5.11 Å². The van der Waals surface area contributed by atoms with Gasteiger partial charge in [-0.3, -0.25) is 0 Å². The molecular weight excluding hydrogens is 220 g/mol. The summed E-state index contributed by atoms with van der Waals surface area (Å²) >= 11 is 5.87. The van der Waals surface area contributed by atoms with E-state index in [-0.39, 0.29) is 0 Å². The van der Waals surface area contributed by atoms with Gasteiger partial charge in [0.05, 0.1) is 5.60 Å². The van der Waals surface area contributed by atoms with E-state index in [2.05, 4.69) is 13.8 Å². The normalized spacial score (nSPS) is 35.0. The first kappa shape index (κ1) is 11.9. The summed E-state index contributed by atoms with van der Waals surface area (Å²) in [7, 11) is 0. The molecule has 1 N–H and O–H groups in total. The fraction of sp³-hybridized carbons (Fsp3) is 0.571. The van der Waals surface area contributed by atoms with Crippen LogP contribution in [0.5, 0.6) is 0 Å². The van der Waals surface area contributed by atoms with Gasteiger partial charge in [-0.05, 0) is 48.8 Å². The van der Waals surface area contributed by atoms with Gasteiger partial charge in [-0.25, -0.2) is 0 Å². The minimum Gasteiger partial charge on any atom is -0.385 e. The van der Waals surface area contributed by atoms with E-state index < -0.39 is 5.60 Å². The lowest BCUT2D eigenvalue weighted by atomic mass is 9.71. The Balaban J connectivity index is 2.26. The maximum atomic E-state index is 10.7. The van der Waals surface area contributed by atoms with Gasteiger partial charge in [0.1, 0.15) is 0 Å². The summed E-state index contributed by atoms with van der Waals surface area (Å²) in [5, 5.41) is 11.5. The Hall–Kier alpha value is -0.530. The van der Waals surface area contributed by atoms with Crippen molar-refractivity contribution in [2.45, 2.75) is 38.7 Å². The zero-order valence-electron chi connectivity index (χ0n) is 9.91. The average molecular weight is 239 g/mol. The van der Waals surface area contributed by atoms with Gasteiger partial charge in [-0.15, -0.1) is 0 Å². The Kier molecular flexibility index (Phi) is 3.27. The van der Waals surface area contributed by atoms with Crippen molar-refractivity contribution in [2.24, 2.45) is 11.8 Å². The minimum absolute atomic E-state index is 0.587. The molecule has 0 aliphatic heterocycles. The van der Waals surface area contributed by atoms with Crippen LogP contribution in [0.1, 0.15) is 38.7 Å². The molecule has 1 aromatic rings. The Labute approximate surface area is 102 Å². The van der Waals surface area contributed by atoms with Gasteiger partial charge < -0.3 is 5.11 Å². The van der Waals surface area contributed by atoms with Crippen LogP contribution in [-0.2, 0) is 5.60 Å². The first-order valence-corrected chi connectivity index (χ1v) is 6.36. The van der Waals surface area contributed by atoms with Crippen LogP contribution in [0.4, 0.5) is 0 Å². The van der Waals surface area contributed by atoms with Crippen molar-refractivity contribution < 1.29 is 5.11 Å². The highest BCUT2D eigenvalue weighted by Gasteiger charge is 2.37. The number of benzene rings is 1. The van der Waals surface area contributed by atoms with Crippen LogP contribution >= 0.6 is 11.6 Å². The van der Waals surface area contributed by atoms with Gasteiger partial charge in [0, 0.05) is 5.02 Å². The number of halogens is 1. The van der Waals surface area contributed by atoms with Gasteiger partial charge in [0.2, 0.25) is 0 Å². The molecule has 0 radical (unpaired) electrons. The molecule has 2 atom stereocenters. The SMILES string of the molecule is CC1CC(C)CC(O)(c2ccc(Cl)cc2)C1. The molecule has 1 aliphatic rings. The lowest BCUT2D eigenvalue weighted by Crippen LogP contribution is -2.35. The molecule has 0 heterocycles. The average Bonchev–Trinajstić information content (AvgIpc) is 2.16. The van der Waals surface area contributed by atoms with Crippen molar-refractivity contribution in [3.63, 3.8) is 0 Å². The largest absolute Gasteiger partial charge is 0.385 e. The van der Waals surface area contributed by atoms with Crippen molar-refractivity contribution in [3.8, 4) is 0 Å². The molecule has 1 aliphatic carbocycles. The Morgan fingerprint density at radius 3 is 2.12 bits per heavy atom. The van der Waals surface area contributed by atoms with Crippen LogP contribution in [0.3, 0.4) is 0 Å². The molecule has 0 bridgehead atoms. The van der Waals surface area contributed by atoms with Crippen molar-refractivity contribution in [1.29, 1.82) is 0 Å². The molecule has 1 nitrogen and oxygen atoms in total. The number of hydrogen-bond acceptors (Lipinski definition) is 1. The van der Waals surface area contributed by atoms with Crippen molar-refractivity contribution >= 4 is 11.6 Å². The topological polar surface area (TPSA) is 20.2 Å². The monoisotopic (exact) mass is 238 g/mol. The molecule has 88 valence electrons. The van der Waals surface area contributed by atoms with Crippen molar-refractivity contribution in [2.75, 3.05) is 0 Å². The first-order valence-electron chi connectivity index (χ1n) is 5.98. The van der Waals surface area contributed by atoms with Gasteiger partial charge >= 0.3 is 0 Å². The lowest BCUT2D eigenvalue weighted by Gasteiger charge is -2.39. The third kappa shape index (κ3) is 2.41. The van der Waals surface area contributed by atoms with Gasteiger partial charge in [0.15, 0.2) is 0 Å². The van der Waals surface area contributed by atoms with Crippen LogP contribution in [-0.4, -0.2) is 5.11 Å². The molecule has 2 unspecified atom stereocenters. The van der Waals surface area contributed by atoms with E-state index in [1.807, 2.05) is 24.3 Å². The maximum absolute atomic E-state index is 10.7. The summed E-state index contributed by atoms with van der Waals surface area (Å²) in [4.78, 5) is 0. The number of hydrogen-bond donors (Lipinski definition) is 1. The zero-order chi connectivity index (χ0) is 11.8. The molecule has 1 saturated carbocycles. The Bertz CT molecular complexity index is 348. The fourth-order valence-electron chi connectivity index (χ4n) is 3.09. The maximum Gasteiger partial charge on any atom is 0.0901 e. The predicted octanol–water partition coefficient (Wildman–Crippen LogP) is 3.98. The molecule has 0 spiro atoms. The number of rotatable bonds is 1. The quantitative estimate of drug-likeness (QED) is 0.785. The van der Waals surface area contributed by atoms with Crippen LogP contribution < -0.4 is 0 Å². The molecular formula is C14H19ClO. The fourth-order valence-corrected chi connectivity index (χ4v) is 3.21. The molecule has 2 heteroatoms. The van der Waals surface area contributed by atoms with E-state index in [4.69, 9.17) is 11.6 Å². The van der Waals surface area contributed by atoms with Crippen LogP contribution in [0.15, 0.2) is 24.3 Å². The van der Waals surface area contributed by atoms with Gasteiger partial charge in [-0.1, -0.05) is 37.6 Å². The van der Waals surface area contributed by atoms with E-state index in [0.717, 1.165) is 23.4 Å². The summed E-state index contributed by atoms with van der Waals surface area (Å²) in [6.07, 6.45) is 2.94. The highest BCUT2D eigenvalue weighted by molar-refractivity contribution is 6.30. The molecule has 0 amide bonds. The van der Waals surface area contributed by atoms with E-state index in [1.54, 1.807) is 0 Å². The van der Waals surface area contributed by atoms with E-state index >= 15 is 0 Å². The summed E-state index contributed by atoms with van der Waals surface area (Å²) in [6.45, 7) is 4.44. The molecule has 2 rings (SSSR count). The first-order chi connectivity index (χ1) is 7.49.